The van der Waals surface area contributed by atoms with Gasteiger partial charge in [-0.25, -0.2) is 0 Å². The first-order chi connectivity index (χ1) is 7.65. The predicted octanol–water partition coefficient (Wildman–Crippen LogP) is 3.21. The topological polar surface area (TPSA) is 54.9 Å². The molecule has 0 bridgehead atoms. The van der Waals surface area contributed by atoms with Gasteiger partial charge in [0.2, 0.25) is 0 Å². The molecule has 0 aliphatic rings. The molecule has 82 valence electrons. The third kappa shape index (κ3) is 2.78. The number of hydrogen-bond acceptors (Lipinski definition) is 4. The van der Waals surface area contributed by atoms with Crippen LogP contribution >= 0.6 is 38.9 Å². The van der Waals surface area contributed by atoms with Gasteiger partial charge in [-0.05, 0) is 34.1 Å². The van der Waals surface area contributed by atoms with Crippen LogP contribution in [0, 0.1) is 0 Å². The molecule has 16 heavy (non-hydrogen) atoms. The Balaban J connectivity index is 2.10. The van der Waals surface area contributed by atoms with E-state index >= 15 is 0 Å². The maximum atomic E-state index is 11.7. The van der Waals surface area contributed by atoms with E-state index in [1.165, 1.54) is 11.3 Å². The molecule has 0 aliphatic carbocycles. The van der Waals surface area contributed by atoms with Crippen LogP contribution < -0.4 is 5.32 Å². The minimum atomic E-state index is -0.224. The summed E-state index contributed by atoms with van der Waals surface area (Å²) in [5.74, 6) is 0.148. The summed E-state index contributed by atoms with van der Waals surface area (Å²) < 4.78 is 0.903. The quantitative estimate of drug-likeness (QED) is 0.925. The first kappa shape index (κ1) is 11.5. The van der Waals surface area contributed by atoms with E-state index in [1.807, 2.05) is 0 Å². The zero-order valence-electron chi connectivity index (χ0n) is 7.78. The van der Waals surface area contributed by atoms with Crippen LogP contribution in [0.5, 0.6) is 0 Å². The summed E-state index contributed by atoms with van der Waals surface area (Å²) in [6.07, 6.45) is 0. The Bertz CT molecular complexity index is 514. The summed E-state index contributed by atoms with van der Waals surface area (Å²) in [6, 6.07) is 4.89. The van der Waals surface area contributed by atoms with Gasteiger partial charge in [0.1, 0.15) is 0 Å². The van der Waals surface area contributed by atoms with Crippen molar-refractivity contribution < 1.29 is 4.79 Å². The number of hydrogen-bond donors (Lipinski definition) is 1. The highest BCUT2D eigenvalue weighted by Gasteiger charge is 2.08. The van der Waals surface area contributed by atoms with Crippen LogP contribution in [0.15, 0.2) is 27.4 Å². The molecule has 4 nitrogen and oxygen atoms in total. The van der Waals surface area contributed by atoms with Crippen molar-refractivity contribution in [3.05, 3.63) is 38.1 Å². The number of carbonyl (C=O) groups excluding carboxylic acids is 1. The number of rotatable bonds is 2. The second kappa shape index (κ2) is 4.90. The molecule has 0 unspecified atom stereocenters. The molecule has 0 aliphatic heterocycles. The predicted molar refractivity (Wildman–Crippen MR) is 67.0 cm³/mol. The molecule has 0 atom stereocenters. The van der Waals surface area contributed by atoms with E-state index in [0.717, 1.165) is 3.79 Å². The van der Waals surface area contributed by atoms with Crippen molar-refractivity contribution in [3.63, 3.8) is 0 Å². The molecule has 0 radical (unpaired) electrons. The highest BCUT2D eigenvalue weighted by Crippen LogP contribution is 2.21. The lowest BCUT2D eigenvalue weighted by atomic mass is 10.3. The smallest absolute Gasteiger partial charge is 0.257 e. The number of aromatic nitrogens is 2. The molecule has 0 aromatic carbocycles. The van der Waals surface area contributed by atoms with E-state index < -0.39 is 0 Å². The van der Waals surface area contributed by atoms with Crippen LogP contribution in [-0.4, -0.2) is 16.1 Å². The third-order valence-electron chi connectivity index (χ3n) is 1.70. The Morgan fingerprint density at radius 1 is 1.44 bits per heavy atom. The Morgan fingerprint density at radius 3 is 2.81 bits per heavy atom. The van der Waals surface area contributed by atoms with E-state index in [4.69, 9.17) is 11.6 Å². The normalized spacial score (nSPS) is 10.1. The lowest BCUT2D eigenvalue weighted by Gasteiger charge is -2.00. The highest BCUT2D eigenvalue weighted by atomic mass is 79.9. The number of amides is 1. The van der Waals surface area contributed by atoms with E-state index in [1.54, 1.807) is 23.6 Å². The van der Waals surface area contributed by atoms with E-state index in [2.05, 4.69) is 31.4 Å². The van der Waals surface area contributed by atoms with Crippen LogP contribution in [-0.2, 0) is 0 Å². The number of halogens is 2. The first-order valence-corrected chi connectivity index (χ1v) is 6.25. The lowest BCUT2D eigenvalue weighted by Crippen LogP contribution is -2.12. The van der Waals surface area contributed by atoms with Crippen molar-refractivity contribution in [2.24, 2.45) is 0 Å². The second-order valence-corrected chi connectivity index (χ2v) is 5.51. The number of carbonyl (C=O) groups is 1. The number of thiophene rings is 1. The highest BCUT2D eigenvalue weighted by molar-refractivity contribution is 9.11. The average molecular weight is 319 g/mol. The van der Waals surface area contributed by atoms with E-state index in [9.17, 15) is 4.79 Å². The Hall–Kier alpha value is -0.980. The number of anilines is 1. The van der Waals surface area contributed by atoms with Gasteiger partial charge in [0.05, 0.1) is 9.35 Å². The molecule has 2 aromatic heterocycles. The minimum absolute atomic E-state index is 0.224. The molecule has 2 heterocycles. The van der Waals surface area contributed by atoms with Crippen molar-refractivity contribution in [3.8, 4) is 0 Å². The van der Waals surface area contributed by atoms with Crippen LogP contribution in [0.2, 0.25) is 5.15 Å². The van der Waals surface area contributed by atoms with Crippen molar-refractivity contribution in [1.82, 2.24) is 10.2 Å². The fraction of sp³-hybridized carbons (Fsp3) is 0. The Kier molecular flexibility index (Phi) is 3.52. The molecule has 0 saturated heterocycles. The van der Waals surface area contributed by atoms with Gasteiger partial charge in [-0.1, -0.05) is 11.6 Å². The maximum Gasteiger partial charge on any atom is 0.257 e. The van der Waals surface area contributed by atoms with Crippen LogP contribution in [0.4, 0.5) is 5.82 Å². The molecule has 1 N–H and O–H groups in total. The zero-order chi connectivity index (χ0) is 11.5. The van der Waals surface area contributed by atoms with Gasteiger partial charge in [0.25, 0.3) is 5.91 Å². The van der Waals surface area contributed by atoms with Gasteiger partial charge >= 0.3 is 0 Å². The van der Waals surface area contributed by atoms with Crippen molar-refractivity contribution in [2.45, 2.75) is 0 Å². The summed E-state index contributed by atoms with van der Waals surface area (Å²) in [6.45, 7) is 0. The summed E-state index contributed by atoms with van der Waals surface area (Å²) in [5.41, 5.74) is 0.577. The second-order valence-electron chi connectivity index (χ2n) is 2.83. The SMILES string of the molecule is O=C(Nc1ccc(Cl)nn1)c1csc(Br)c1. The third-order valence-corrected chi connectivity index (χ3v) is 3.41. The fourth-order valence-electron chi connectivity index (χ4n) is 1.00. The monoisotopic (exact) mass is 317 g/mol. The van der Waals surface area contributed by atoms with Gasteiger partial charge in [0.15, 0.2) is 11.0 Å². The van der Waals surface area contributed by atoms with Crippen LogP contribution in [0.3, 0.4) is 0 Å². The lowest BCUT2D eigenvalue weighted by molar-refractivity contribution is 0.102. The van der Waals surface area contributed by atoms with Gasteiger partial charge in [-0.3, -0.25) is 4.79 Å². The summed E-state index contributed by atoms with van der Waals surface area (Å²) in [5, 5.41) is 12.0. The first-order valence-electron chi connectivity index (χ1n) is 4.20. The zero-order valence-corrected chi connectivity index (χ0v) is 10.9. The standard InChI is InChI=1S/C9H5BrClN3OS/c10-6-3-5(4-16-6)9(15)12-8-2-1-7(11)13-14-8/h1-4H,(H,12,14,15). The van der Waals surface area contributed by atoms with E-state index in [0.29, 0.717) is 11.4 Å². The van der Waals surface area contributed by atoms with Crippen LogP contribution in [0.25, 0.3) is 0 Å². The molecular formula is C9H5BrClN3OS. The summed E-state index contributed by atoms with van der Waals surface area (Å²) >= 11 is 10.3. The molecular weight excluding hydrogens is 314 g/mol. The Labute approximate surface area is 109 Å². The van der Waals surface area contributed by atoms with E-state index in [-0.39, 0.29) is 11.1 Å². The van der Waals surface area contributed by atoms with Crippen molar-refractivity contribution in [1.29, 1.82) is 0 Å². The molecule has 7 heteroatoms. The van der Waals surface area contributed by atoms with Gasteiger partial charge < -0.3 is 5.32 Å². The summed E-state index contributed by atoms with van der Waals surface area (Å²) in [7, 11) is 0. The minimum Gasteiger partial charge on any atom is -0.305 e. The molecule has 2 rings (SSSR count). The fourth-order valence-corrected chi connectivity index (χ4v) is 2.24. The summed E-state index contributed by atoms with van der Waals surface area (Å²) in [4.78, 5) is 11.7. The van der Waals surface area contributed by atoms with Crippen molar-refractivity contribution in [2.75, 3.05) is 5.32 Å². The average Bonchev–Trinajstić information content (AvgIpc) is 2.68. The maximum absolute atomic E-state index is 11.7. The van der Waals surface area contributed by atoms with Gasteiger partial charge in [0, 0.05) is 5.38 Å². The molecule has 1 amide bonds. The molecule has 0 fully saturated rings. The van der Waals surface area contributed by atoms with Gasteiger partial charge in [-0.2, -0.15) is 0 Å². The molecule has 0 saturated carbocycles. The van der Waals surface area contributed by atoms with Crippen LogP contribution in [0.1, 0.15) is 10.4 Å². The molecule has 2 aromatic rings. The molecule has 0 spiro atoms. The number of nitrogens with one attached hydrogen (secondary N) is 1. The number of nitrogens with zero attached hydrogens (tertiary/aromatic N) is 2. The van der Waals surface area contributed by atoms with Gasteiger partial charge in [-0.15, -0.1) is 21.5 Å². The largest absolute Gasteiger partial charge is 0.305 e. The Morgan fingerprint density at radius 2 is 2.25 bits per heavy atom. The van der Waals surface area contributed by atoms with Crippen molar-refractivity contribution >= 4 is 50.6 Å².